The molecule has 0 spiro atoms. The normalized spacial score (nSPS) is 10.6. The first-order valence-corrected chi connectivity index (χ1v) is 5.02. The van der Waals surface area contributed by atoms with Crippen molar-refractivity contribution in [2.24, 2.45) is 5.73 Å². The van der Waals surface area contributed by atoms with Gasteiger partial charge in [-0.1, -0.05) is 23.8 Å². The van der Waals surface area contributed by atoms with Crippen LogP contribution in [0, 0.1) is 13.8 Å². The minimum Gasteiger partial charge on any atom is -0.341 e. The van der Waals surface area contributed by atoms with Gasteiger partial charge < -0.3 is 10.7 Å². The standard InChI is InChI=1S/C12H15N3/c1-8-3-4-10(9(2)5-8)11-7-14-12(6-13)15-11/h3-5,7H,6,13H2,1-2H3,(H,14,15). The van der Waals surface area contributed by atoms with Gasteiger partial charge in [-0.05, 0) is 19.4 Å². The molecule has 1 aromatic carbocycles. The molecule has 2 rings (SSSR count). The van der Waals surface area contributed by atoms with E-state index in [1.165, 1.54) is 16.7 Å². The van der Waals surface area contributed by atoms with E-state index in [-0.39, 0.29) is 0 Å². The predicted octanol–water partition coefficient (Wildman–Crippen LogP) is 2.15. The molecule has 0 fully saturated rings. The van der Waals surface area contributed by atoms with Gasteiger partial charge in [-0.25, -0.2) is 4.98 Å². The van der Waals surface area contributed by atoms with E-state index < -0.39 is 0 Å². The Hall–Kier alpha value is -1.61. The fourth-order valence-electron chi connectivity index (χ4n) is 1.72. The fourth-order valence-corrected chi connectivity index (χ4v) is 1.72. The summed E-state index contributed by atoms with van der Waals surface area (Å²) in [5.74, 6) is 0.824. The summed E-state index contributed by atoms with van der Waals surface area (Å²) in [6.45, 7) is 4.64. The zero-order valence-corrected chi connectivity index (χ0v) is 9.04. The lowest BCUT2D eigenvalue weighted by atomic mass is 10.0. The summed E-state index contributed by atoms with van der Waals surface area (Å²) in [6.07, 6.45) is 1.83. The lowest BCUT2D eigenvalue weighted by Crippen LogP contribution is -1.97. The Labute approximate surface area is 89.4 Å². The molecular formula is C12H15N3. The number of aromatic nitrogens is 2. The number of nitrogens with one attached hydrogen (secondary N) is 1. The molecule has 15 heavy (non-hydrogen) atoms. The number of rotatable bonds is 2. The Morgan fingerprint density at radius 3 is 2.73 bits per heavy atom. The molecule has 0 radical (unpaired) electrons. The van der Waals surface area contributed by atoms with Crippen molar-refractivity contribution in [2.45, 2.75) is 20.4 Å². The predicted molar refractivity (Wildman–Crippen MR) is 61.4 cm³/mol. The maximum absolute atomic E-state index is 5.51. The van der Waals surface area contributed by atoms with Gasteiger partial charge in [-0.2, -0.15) is 0 Å². The molecule has 0 aliphatic carbocycles. The van der Waals surface area contributed by atoms with Crippen molar-refractivity contribution in [3.05, 3.63) is 41.3 Å². The summed E-state index contributed by atoms with van der Waals surface area (Å²) in [4.78, 5) is 7.40. The van der Waals surface area contributed by atoms with Gasteiger partial charge in [0.2, 0.25) is 0 Å². The second kappa shape index (κ2) is 3.87. The van der Waals surface area contributed by atoms with E-state index in [9.17, 15) is 0 Å². The summed E-state index contributed by atoms with van der Waals surface area (Å²) < 4.78 is 0. The van der Waals surface area contributed by atoms with Crippen LogP contribution in [0.15, 0.2) is 24.4 Å². The molecule has 0 amide bonds. The number of imidazole rings is 1. The highest BCUT2D eigenvalue weighted by atomic mass is 14.9. The van der Waals surface area contributed by atoms with Crippen molar-refractivity contribution < 1.29 is 0 Å². The van der Waals surface area contributed by atoms with E-state index in [2.05, 4.69) is 42.0 Å². The Balaban J connectivity index is 2.44. The van der Waals surface area contributed by atoms with Crippen LogP contribution in [-0.2, 0) is 6.54 Å². The quantitative estimate of drug-likeness (QED) is 0.782. The lowest BCUT2D eigenvalue weighted by Gasteiger charge is -2.03. The smallest absolute Gasteiger partial charge is 0.120 e. The molecule has 0 bridgehead atoms. The molecule has 0 aliphatic heterocycles. The third-order valence-electron chi connectivity index (χ3n) is 2.49. The molecule has 2 aromatic rings. The zero-order chi connectivity index (χ0) is 10.8. The number of hydrogen-bond acceptors (Lipinski definition) is 2. The Morgan fingerprint density at radius 1 is 1.33 bits per heavy atom. The molecule has 0 aliphatic rings. The molecule has 3 N–H and O–H groups in total. The summed E-state index contributed by atoms with van der Waals surface area (Å²) >= 11 is 0. The average molecular weight is 201 g/mol. The van der Waals surface area contributed by atoms with Gasteiger partial charge in [-0.3, -0.25) is 0 Å². The molecule has 78 valence electrons. The maximum Gasteiger partial charge on any atom is 0.120 e. The van der Waals surface area contributed by atoms with Crippen LogP contribution in [0.3, 0.4) is 0 Å². The van der Waals surface area contributed by atoms with Gasteiger partial charge in [0.05, 0.1) is 18.4 Å². The summed E-state index contributed by atoms with van der Waals surface area (Å²) in [6, 6.07) is 6.38. The van der Waals surface area contributed by atoms with Gasteiger partial charge >= 0.3 is 0 Å². The number of benzene rings is 1. The summed E-state index contributed by atoms with van der Waals surface area (Å²) in [7, 11) is 0. The number of nitrogens with two attached hydrogens (primary N) is 1. The van der Waals surface area contributed by atoms with E-state index in [0.717, 1.165) is 11.5 Å². The highest BCUT2D eigenvalue weighted by Crippen LogP contribution is 2.22. The van der Waals surface area contributed by atoms with Crippen LogP contribution in [0.4, 0.5) is 0 Å². The minimum absolute atomic E-state index is 0.449. The van der Waals surface area contributed by atoms with Crippen LogP contribution in [0.5, 0.6) is 0 Å². The number of aryl methyl sites for hydroxylation is 2. The first-order chi connectivity index (χ1) is 7.20. The maximum atomic E-state index is 5.51. The molecule has 0 unspecified atom stereocenters. The molecule has 0 saturated heterocycles. The van der Waals surface area contributed by atoms with Crippen LogP contribution in [0.2, 0.25) is 0 Å². The molecular weight excluding hydrogens is 186 g/mol. The number of aromatic amines is 1. The summed E-state index contributed by atoms with van der Waals surface area (Å²) in [5.41, 5.74) is 10.3. The van der Waals surface area contributed by atoms with Crippen LogP contribution < -0.4 is 5.73 Å². The first kappa shape index (κ1) is 9.93. The van der Waals surface area contributed by atoms with Crippen molar-refractivity contribution in [3.63, 3.8) is 0 Å². The van der Waals surface area contributed by atoms with Crippen LogP contribution in [0.1, 0.15) is 17.0 Å². The Kier molecular flexibility index (Phi) is 2.56. The largest absolute Gasteiger partial charge is 0.341 e. The van der Waals surface area contributed by atoms with Gasteiger partial charge in [0.25, 0.3) is 0 Å². The third kappa shape index (κ3) is 1.92. The van der Waals surface area contributed by atoms with Crippen LogP contribution in [0.25, 0.3) is 11.3 Å². The van der Waals surface area contributed by atoms with Gasteiger partial charge in [0.15, 0.2) is 0 Å². The molecule has 3 heteroatoms. The van der Waals surface area contributed by atoms with Crippen LogP contribution >= 0.6 is 0 Å². The molecule has 3 nitrogen and oxygen atoms in total. The van der Waals surface area contributed by atoms with Crippen LogP contribution in [-0.4, -0.2) is 9.97 Å². The molecule has 0 saturated carbocycles. The number of nitrogens with zero attached hydrogens (tertiary/aromatic N) is 1. The lowest BCUT2D eigenvalue weighted by molar-refractivity contribution is 0.950. The Bertz CT molecular complexity index is 471. The van der Waals surface area contributed by atoms with Crippen molar-refractivity contribution >= 4 is 0 Å². The van der Waals surface area contributed by atoms with E-state index in [0.29, 0.717) is 6.54 Å². The van der Waals surface area contributed by atoms with Crippen molar-refractivity contribution in [2.75, 3.05) is 0 Å². The van der Waals surface area contributed by atoms with Crippen molar-refractivity contribution in [1.82, 2.24) is 9.97 Å². The third-order valence-corrected chi connectivity index (χ3v) is 2.49. The SMILES string of the molecule is Cc1ccc(-c2cnc(CN)[nH]2)c(C)c1. The van der Waals surface area contributed by atoms with Gasteiger partial charge in [0.1, 0.15) is 5.82 Å². The average Bonchev–Trinajstić information content (AvgIpc) is 2.66. The van der Waals surface area contributed by atoms with E-state index in [4.69, 9.17) is 5.73 Å². The highest BCUT2D eigenvalue weighted by molar-refractivity contribution is 5.63. The van der Waals surface area contributed by atoms with Gasteiger partial charge in [0, 0.05) is 5.56 Å². The highest BCUT2D eigenvalue weighted by Gasteiger charge is 2.04. The van der Waals surface area contributed by atoms with Gasteiger partial charge in [-0.15, -0.1) is 0 Å². The summed E-state index contributed by atoms with van der Waals surface area (Å²) in [5, 5.41) is 0. The molecule has 1 heterocycles. The van der Waals surface area contributed by atoms with E-state index in [1.807, 2.05) is 6.20 Å². The second-order valence-corrected chi connectivity index (χ2v) is 3.77. The zero-order valence-electron chi connectivity index (χ0n) is 9.04. The fraction of sp³-hybridized carbons (Fsp3) is 0.250. The van der Waals surface area contributed by atoms with Crippen molar-refractivity contribution in [1.29, 1.82) is 0 Å². The Morgan fingerprint density at radius 2 is 2.13 bits per heavy atom. The molecule has 0 atom stereocenters. The topological polar surface area (TPSA) is 54.7 Å². The minimum atomic E-state index is 0.449. The number of H-pyrrole nitrogens is 1. The second-order valence-electron chi connectivity index (χ2n) is 3.77. The van der Waals surface area contributed by atoms with E-state index in [1.54, 1.807) is 0 Å². The monoisotopic (exact) mass is 201 g/mol. The number of hydrogen-bond donors (Lipinski definition) is 2. The van der Waals surface area contributed by atoms with E-state index >= 15 is 0 Å². The first-order valence-electron chi connectivity index (χ1n) is 5.02. The molecule has 1 aromatic heterocycles. The van der Waals surface area contributed by atoms with Crippen molar-refractivity contribution in [3.8, 4) is 11.3 Å².